The summed E-state index contributed by atoms with van der Waals surface area (Å²) < 4.78 is 16.8. The highest BCUT2D eigenvalue weighted by atomic mass is 16.6. The lowest BCUT2D eigenvalue weighted by Gasteiger charge is -2.18. The fourth-order valence-corrected chi connectivity index (χ4v) is 7.79. The predicted octanol–water partition coefficient (Wildman–Crippen LogP) is 20.9. The summed E-state index contributed by atoms with van der Waals surface area (Å²) in [7, 11) is 0. The van der Waals surface area contributed by atoms with E-state index in [-0.39, 0.29) is 37.5 Å². The highest BCUT2D eigenvalue weighted by Gasteiger charge is 2.19. The molecule has 1 atom stereocenters. The van der Waals surface area contributed by atoms with Crippen molar-refractivity contribution in [1.82, 2.24) is 0 Å². The van der Waals surface area contributed by atoms with Crippen LogP contribution in [0.4, 0.5) is 0 Å². The second-order valence-electron chi connectivity index (χ2n) is 19.5. The molecular weight excluding hydrogens is 937 g/mol. The Morgan fingerprint density at radius 3 is 0.842 bits per heavy atom. The standard InChI is InChI=1S/C70H110O6/c1-4-7-10-13-16-19-22-24-26-28-30-32-34-35-37-38-40-42-44-46-48-51-54-57-60-63-69(72)75-66-67(65-74-68(71)62-59-56-53-50-21-18-15-12-9-6-3)76-70(73)64-61-58-55-52-49-47-45-43-41-39-36-33-31-29-27-25-23-20-17-14-11-8-5-2/h7-8,10-11,16-17,19-20,24-27,30-33,35,37,39-42,45,47,52,55,67H,4-6,9,12-15,18,21-23,28-29,34,36,38,43-44,46,48-51,53-54,56-66H2,1-3H3/b10-7-,11-8-,19-16-,20-17-,26-24-,27-25-,32-30-,33-31-,37-35-,41-39-,42-40-,47-45-,55-52-. The molecule has 0 bridgehead atoms. The average Bonchev–Trinajstić information content (AvgIpc) is 3.42. The van der Waals surface area contributed by atoms with Gasteiger partial charge in [-0.05, 0) is 122 Å². The minimum atomic E-state index is -0.821. The number of rotatable bonds is 53. The van der Waals surface area contributed by atoms with E-state index in [2.05, 4.69) is 179 Å². The van der Waals surface area contributed by atoms with Gasteiger partial charge in [-0.15, -0.1) is 0 Å². The molecule has 76 heavy (non-hydrogen) atoms. The van der Waals surface area contributed by atoms with Gasteiger partial charge >= 0.3 is 17.9 Å². The first-order valence-corrected chi connectivity index (χ1v) is 30.5. The molecule has 0 spiro atoms. The van der Waals surface area contributed by atoms with E-state index in [9.17, 15) is 14.4 Å². The van der Waals surface area contributed by atoms with Gasteiger partial charge in [-0.1, -0.05) is 262 Å². The molecule has 0 heterocycles. The largest absolute Gasteiger partial charge is 0.462 e. The van der Waals surface area contributed by atoms with Crippen LogP contribution in [0.2, 0.25) is 0 Å². The summed E-state index contributed by atoms with van der Waals surface area (Å²) in [6.45, 7) is 6.33. The van der Waals surface area contributed by atoms with Crippen molar-refractivity contribution in [3.63, 3.8) is 0 Å². The minimum absolute atomic E-state index is 0.111. The van der Waals surface area contributed by atoms with Gasteiger partial charge in [0.15, 0.2) is 6.10 Å². The molecule has 6 heteroatoms. The van der Waals surface area contributed by atoms with Gasteiger partial charge in [0, 0.05) is 19.3 Å². The summed E-state index contributed by atoms with van der Waals surface area (Å²) >= 11 is 0. The molecule has 0 N–H and O–H groups in total. The maximum Gasteiger partial charge on any atom is 0.306 e. The molecule has 0 rings (SSSR count). The molecule has 0 radical (unpaired) electrons. The zero-order valence-corrected chi connectivity index (χ0v) is 48.7. The molecule has 0 saturated carbocycles. The van der Waals surface area contributed by atoms with Crippen LogP contribution in [-0.2, 0) is 28.6 Å². The summed E-state index contributed by atoms with van der Waals surface area (Å²) in [6, 6.07) is 0. The Kier molecular flexibility index (Phi) is 58.5. The number of esters is 3. The van der Waals surface area contributed by atoms with Crippen molar-refractivity contribution >= 4 is 17.9 Å². The van der Waals surface area contributed by atoms with Gasteiger partial charge in [0.05, 0.1) is 0 Å². The molecule has 0 amide bonds. The predicted molar refractivity (Wildman–Crippen MR) is 329 cm³/mol. The summed E-state index contributed by atoms with van der Waals surface area (Å²) in [4.78, 5) is 38.2. The van der Waals surface area contributed by atoms with E-state index in [0.29, 0.717) is 19.3 Å². The van der Waals surface area contributed by atoms with E-state index in [1.54, 1.807) is 0 Å². The van der Waals surface area contributed by atoms with Gasteiger partial charge < -0.3 is 14.2 Å². The molecule has 0 saturated heterocycles. The van der Waals surface area contributed by atoms with Crippen LogP contribution in [0, 0.1) is 0 Å². The second-order valence-corrected chi connectivity index (χ2v) is 19.5. The topological polar surface area (TPSA) is 78.9 Å². The zero-order valence-electron chi connectivity index (χ0n) is 48.7. The third-order valence-corrected chi connectivity index (χ3v) is 12.3. The molecule has 0 aliphatic carbocycles. The zero-order chi connectivity index (χ0) is 55.0. The number of hydrogen-bond donors (Lipinski definition) is 0. The lowest BCUT2D eigenvalue weighted by molar-refractivity contribution is -0.167. The van der Waals surface area contributed by atoms with Crippen molar-refractivity contribution in [3.05, 3.63) is 158 Å². The van der Waals surface area contributed by atoms with Crippen molar-refractivity contribution in [2.24, 2.45) is 0 Å². The van der Waals surface area contributed by atoms with Gasteiger partial charge in [0.2, 0.25) is 0 Å². The van der Waals surface area contributed by atoms with E-state index < -0.39 is 6.10 Å². The molecule has 0 aromatic rings. The Morgan fingerprint density at radius 1 is 0.276 bits per heavy atom. The van der Waals surface area contributed by atoms with E-state index in [0.717, 1.165) is 141 Å². The summed E-state index contributed by atoms with van der Waals surface area (Å²) in [5.74, 6) is -0.994. The Balaban J connectivity index is 4.45. The van der Waals surface area contributed by atoms with E-state index in [4.69, 9.17) is 14.2 Å². The smallest absolute Gasteiger partial charge is 0.306 e. The average molecular weight is 1050 g/mol. The van der Waals surface area contributed by atoms with Crippen LogP contribution in [0.25, 0.3) is 0 Å². The van der Waals surface area contributed by atoms with Crippen molar-refractivity contribution in [2.45, 2.75) is 252 Å². The van der Waals surface area contributed by atoms with Crippen LogP contribution >= 0.6 is 0 Å². The maximum absolute atomic E-state index is 12.9. The molecule has 0 fully saturated rings. The Morgan fingerprint density at radius 2 is 0.526 bits per heavy atom. The maximum atomic E-state index is 12.9. The lowest BCUT2D eigenvalue weighted by Crippen LogP contribution is -2.30. The van der Waals surface area contributed by atoms with Crippen LogP contribution in [0.3, 0.4) is 0 Å². The molecule has 0 aliphatic rings. The van der Waals surface area contributed by atoms with Crippen molar-refractivity contribution in [2.75, 3.05) is 13.2 Å². The fraction of sp³-hybridized carbons (Fsp3) is 0.586. The number of allylic oxidation sites excluding steroid dienone is 26. The monoisotopic (exact) mass is 1050 g/mol. The second kappa shape index (κ2) is 62.6. The molecule has 6 nitrogen and oxygen atoms in total. The number of hydrogen-bond acceptors (Lipinski definition) is 6. The van der Waals surface area contributed by atoms with Gasteiger partial charge in [-0.3, -0.25) is 14.4 Å². The first-order chi connectivity index (χ1) is 37.5. The van der Waals surface area contributed by atoms with Crippen LogP contribution in [0.15, 0.2) is 158 Å². The molecule has 0 aliphatic heterocycles. The first-order valence-electron chi connectivity index (χ1n) is 30.5. The van der Waals surface area contributed by atoms with Crippen LogP contribution in [-0.4, -0.2) is 37.2 Å². The number of ether oxygens (including phenoxy) is 3. The van der Waals surface area contributed by atoms with Crippen molar-refractivity contribution in [1.29, 1.82) is 0 Å². The molecule has 0 aromatic carbocycles. The van der Waals surface area contributed by atoms with E-state index in [1.165, 1.54) is 57.8 Å². The normalized spacial score (nSPS) is 13.2. The molecule has 1 unspecified atom stereocenters. The van der Waals surface area contributed by atoms with Crippen LogP contribution < -0.4 is 0 Å². The molecule has 426 valence electrons. The van der Waals surface area contributed by atoms with Crippen LogP contribution in [0.5, 0.6) is 0 Å². The molecular formula is C70H110O6. The van der Waals surface area contributed by atoms with E-state index >= 15 is 0 Å². The third-order valence-electron chi connectivity index (χ3n) is 12.3. The fourth-order valence-electron chi connectivity index (χ4n) is 7.79. The lowest BCUT2D eigenvalue weighted by atomic mass is 10.1. The number of carbonyl (C=O) groups excluding carboxylic acids is 3. The SMILES string of the molecule is CC/C=C\C/C=C\C/C=C\C/C=C\C/C=C\C/C=C\C/C=C\CCCC(=O)OC(COC(=O)CCCCCCCC/C=C\C/C=C\C/C=C\C/C=C\C/C=C\C/C=C\CC)COC(=O)CCCCCCCCCCCC. The highest BCUT2D eigenvalue weighted by Crippen LogP contribution is 2.14. The summed E-state index contributed by atoms with van der Waals surface area (Å²) in [6.07, 6.45) is 91.0. The van der Waals surface area contributed by atoms with Crippen LogP contribution in [0.1, 0.15) is 245 Å². The summed E-state index contributed by atoms with van der Waals surface area (Å²) in [5, 5.41) is 0. The quantitative estimate of drug-likeness (QED) is 0.0261. The summed E-state index contributed by atoms with van der Waals surface area (Å²) in [5.41, 5.74) is 0. The number of carbonyl (C=O) groups is 3. The van der Waals surface area contributed by atoms with Gasteiger partial charge in [0.1, 0.15) is 13.2 Å². The van der Waals surface area contributed by atoms with Crippen molar-refractivity contribution < 1.29 is 28.6 Å². The van der Waals surface area contributed by atoms with Gasteiger partial charge in [-0.2, -0.15) is 0 Å². The minimum Gasteiger partial charge on any atom is -0.462 e. The van der Waals surface area contributed by atoms with E-state index in [1.807, 2.05) is 0 Å². The molecule has 0 aromatic heterocycles. The number of unbranched alkanes of at least 4 members (excludes halogenated alkanes) is 16. The Labute approximate surface area is 467 Å². The van der Waals surface area contributed by atoms with Gasteiger partial charge in [0.25, 0.3) is 0 Å². The van der Waals surface area contributed by atoms with Gasteiger partial charge in [-0.25, -0.2) is 0 Å². The van der Waals surface area contributed by atoms with Crippen molar-refractivity contribution in [3.8, 4) is 0 Å². The Bertz CT molecular complexity index is 1720. The Hall–Kier alpha value is -4.97. The highest BCUT2D eigenvalue weighted by molar-refractivity contribution is 5.71. The first kappa shape index (κ1) is 71.0. The third kappa shape index (κ3) is 59.9.